The minimum Gasteiger partial charge on any atom is -0.497 e. The van der Waals surface area contributed by atoms with Gasteiger partial charge >= 0.3 is 5.97 Å². The van der Waals surface area contributed by atoms with Gasteiger partial charge in [0.05, 0.1) is 34.3 Å². The number of esters is 1. The molecular formula is C17H15N3O7S2. The molecule has 3 rings (SSSR count). The van der Waals surface area contributed by atoms with E-state index in [2.05, 4.69) is 9.13 Å². The highest BCUT2D eigenvalue weighted by atomic mass is 32.2. The van der Waals surface area contributed by atoms with Crippen molar-refractivity contribution in [2.24, 2.45) is 4.40 Å². The Morgan fingerprint density at radius 2 is 1.90 bits per heavy atom. The molecule has 0 amide bonds. The molecule has 0 aliphatic heterocycles. The van der Waals surface area contributed by atoms with Crippen LogP contribution in [0.2, 0.25) is 0 Å². The van der Waals surface area contributed by atoms with Crippen LogP contribution in [0.15, 0.2) is 51.8 Å². The van der Waals surface area contributed by atoms with Crippen molar-refractivity contribution in [3.63, 3.8) is 0 Å². The predicted molar refractivity (Wildman–Crippen MR) is 104 cm³/mol. The van der Waals surface area contributed by atoms with E-state index in [1.807, 2.05) is 0 Å². The Hall–Kier alpha value is -3.25. The lowest BCUT2D eigenvalue weighted by Gasteiger charge is -2.04. The first-order valence-electron chi connectivity index (χ1n) is 8.05. The van der Waals surface area contributed by atoms with E-state index in [0.29, 0.717) is 16.0 Å². The number of methoxy groups -OCH3 is 2. The third-order valence-electron chi connectivity index (χ3n) is 3.95. The highest BCUT2D eigenvalue weighted by Gasteiger charge is 2.18. The summed E-state index contributed by atoms with van der Waals surface area (Å²) >= 11 is 0.917. The van der Waals surface area contributed by atoms with Gasteiger partial charge in [0.1, 0.15) is 12.3 Å². The SMILES string of the molecule is COC(=O)Cn1/c(=N/S(=O)(=O)c2ccc(OC)cc2)sc2cc([N+](=O)[O-])ccc21. The van der Waals surface area contributed by atoms with Gasteiger partial charge in [-0.2, -0.15) is 8.42 Å². The Labute approximate surface area is 168 Å². The molecule has 0 spiro atoms. The molecule has 3 aromatic rings. The molecule has 0 bridgehead atoms. The fourth-order valence-electron chi connectivity index (χ4n) is 2.50. The lowest BCUT2D eigenvalue weighted by molar-refractivity contribution is -0.384. The number of benzene rings is 2. The second kappa shape index (κ2) is 8.01. The van der Waals surface area contributed by atoms with Crippen LogP contribution in [-0.4, -0.2) is 38.1 Å². The van der Waals surface area contributed by atoms with Crippen LogP contribution in [0.5, 0.6) is 5.75 Å². The number of ether oxygens (including phenoxy) is 2. The Kier molecular flexibility index (Phi) is 5.66. The molecule has 12 heteroatoms. The van der Waals surface area contributed by atoms with Crippen molar-refractivity contribution in [2.45, 2.75) is 11.4 Å². The summed E-state index contributed by atoms with van der Waals surface area (Å²) in [6.45, 7) is -0.300. The molecule has 0 saturated heterocycles. The molecule has 1 heterocycles. The van der Waals surface area contributed by atoms with Crippen LogP contribution >= 0.6 is 11.3 Å². The Bertz CT molecular complexity index is 1260. The van der Waals surface area contributed by atoms with Crippen molar-refractivity contribution < 1.29 is 27.6 Å². The largest absolute Gasteiger partial charge is 0.497 e. The number of aromatic nitrogens is 1. The maximum atomic E-state index is 12.7. The standard InChI is InChI=1S/C17H15N3O7S2/c1-26-12-4-6-13(7-5-12)29(24,25)18-17-19(10-16(21)27-2)14-8-3-11(20(22)23)9-15(14)28-17/h3-9H,10H2,1-2H3/b18-17-. The van der Waals surface area contributed by atoms with E-state index in [0.717, 1.165) is 11.3 Å². The first-order valence-corrected chi connectivity index (χ1v) is 10.3. The molecule has 1 aromatic heterocycles. The fraction of sp³-hybridized carbons (Fsp3) is 0.176. The van der Waals surface area contributed by atoms with Crippen molar-refractivity contribution in [3.05, 3.63) is 57.4 Å². The first kappa shape index (κ1) is 20.5. The summed E-state index contributed by atoms with van der Waals surface area (Å²) in [4.78, 5) is 22.2. The number of rotatable bonds is 6. The van der Waals surface area contributed by atoms with Crippen LogP contribution in [0, 0.1) is 10.1 Å². The lowest BCUT2D eigenvalue weighted by atomic mass is 10.3. The van der Waals surface area contributed by atoms with E-state index < -0.39 is 20.9 Å². The van der Waals surface area contributed by atoms with Crippen molar-refractivity contribution in [2.75, 3.05) is 14.2 Å². The molecule has 2 aromatic carbocycles. The predicted octanol–water partition coefficient (Wildman–Crippen LogP) is 2.08. The fourth-order valence-corrected chi connectivity index (χ4v) is 4.76. The quantitative estimate of drug-likeness (QED) is 0.328. The third-order valence-corrected chi connectivity index (χ3v) is 6.39. The molecule has 0 radical (unpaired) electrons. The molecular weight excluding hydrogens is 422 g/mol. The number of hydrogen-bond donors (Lipinski definition) is 0. The van der Waals surface area contributed by atoms with Gasteiger partial charge in [0.2, 0.25) is 4.80 Å². The number of carbonyl (C=O) groups excluding carboxylic acids is 1. The van der Waals surface area contributed by atoms with Crippen molar-refractivity contribution in [1.29, 1.82) is 0 Å². The Balaban J connectivity index is 2.20. The maximum Gasteiger partial charge on any atom is 0.325 e. The van der Waals surface area contributed by atoms with Gasteiger partial charge in [-0.1, -0.05) is 11.3 Å². The average molecular weight is 437 g/mol. The van der Waals surface area contributed by atoms with Crippen molar-refractivity contribution in [3.8, 4) is 5.75 Å². The molecule has 29 heavy (non-hydrogen) atoms. The summed E-state index contributed by atoms with van der Waals surface area (Å²) in [6.07, 6.45) is 0. The molecule has 10 nitrogen and oxygen atoms in total. The number of non-ortho nitro benzene ring substituents is 1. The van der Waals surface area contributed by atoms with E-state index in [1.54, 1.807) is 0 Å². The van der Waals surface area contributed by atoms with E-state index in [9.17, 15) is 23.3 Å². The zero-order valence-electron chi connectivity index (χ0n) is 15.3. The van der Waals surface area contributed by atoms with Crippen LogP contribution in [0.25, 0.3) is 10.2 Å². The Morgan fingerprint density at radius 1 is 1.21 bits per heavy atom. The Morgan fingerprint density at radius 3 is 2.48 bits per heavy atom. The van der Waals surface area contributed by atoms with E-state index in [-0.39, 0.29) is 21.9 Å². The molecule has 0 saturated carbocycles. The molecule has 0 N–H and O–H groups in total. The van der Waals surface area contributed by atoms with E-state index in [1.165, 1.54) is 61.3 Å². The van der Waals surface area contributed by atoms with Crippen LogP contribution in [0.3, 0.4) is 0 Å². The lowest BCUT2D eigenvalue weighted by Crippen LogP contribution is -2.22. The molecule has 0 atom stereocenters. The maximum absolute atomic E-state index is 12.7. The van der Waals surface area contributed by atoms with Gasteiger partial charge in [-0.3, -0.25) is 14.9 Å². The molecule has 0 aliphatic carbocycles. The van der Waals surface area contributed by atoms with Crippen LogP contribution < -0.4 is 9.54 Å². The number of thiazole rings is 1. The number of sulfonamides is 1. The monoisotopic (exact) mass is 437 g/mol. The first-order chi connectivity index (χ1) is 13.7. The summed E-state index contributed by atoms with van der Waals surface area (Å²) < 4.78 is 40.7. The zero-order valence-corrected chi connectivity index (χ0v) is 16.9. The second-order valence-corrected chi connectivity index (χ2v) is 8.31. The van der Waals surface area contributed by atoms with Crippen LogP contribution in [0.4, 0.5) is 5.69 Å². The summed E-state index contributed by atoms with van der Waals surface area (Å²) in [5, 5.41) is 11.0. The summed E-state index contributed by atoms with van der Waals surface area (Å²) in [7, 11) is -1.44. The van der Waals surface area contributed by atoms with Gasteiger partial charge < -0.3 is 14.0 Å². The number of hydrogen-bond acceptors (Lipinski definition) is 8. The highest BCUT2D eigenvalue weighted by molar-refractivity contribution is 7.90. The van der Waals surface area contributed by atoms with Gasteiger partial charge in [-0.25, -0.2) is 0 Å². The zero-order chi connectivity index (χ0) is 21.2. The summed E-state index contributed by atoms with van der Waals surface area (Å²) in [6, 6.07) is 9.67. The van der Waals surface area contributed by atoms with Gasteiger partial charge in [0, 0.05) is 12.1 Å². The summed E-state index contributed by atoms with van der Waals surface area (Å²) in [5.41, 5.74) is 0.267. The van der Waals surface area contributed by atoms with Gasteiger partial charge in [-0.05, 0) is 30.3 Å². The number of fused-ring (bicyclic) bond motifs is 1. The summed E-state index contributed by atoms with van der Waals surface area (Å²) in [5.74, 6) is -0.134. The van der Waals surface area contributed by atoms with Crippen LogP contribution in [-0.2, 0) is 26.1 Å². The molecule has 152 valence electrons. The minimum atomic E-state index is -4.10. The third kappa shape index (κ3) is 4.27. The van der Waals surface area contributed by atoms with Crippen molar-refractivity contribution >= 4 is 43.2 Å². The van der Waals surface area contributed by atoms with Gasteiger partial charge in [0.25, 0.3) is 15.7 Å². The van der Waals surface area contributed by atoms with Gasteiger partial charge in [-0.15, -0.1) is 4.40 Å². The number of nitro benzene ring substituents is 1. The minimum absolute atomic E-state index is 0.0123. The topological polar surface area (TPSA) is 130 Å². The van der Waals surface area contributed by atoms with Crippen LogP contribution in [0.1, 0.15) is 0 Å². The van der Waals surface area contributed by atoms with Gasteiger partial charge in [0.15, 0.2) is 0 Å². The normalized spacial score (nSPS) is 12.1. The highest BCUT2D eigenvalue weighted by Crippen LogP contribution is 2.24. The number of nitrogens with zero attached hydrogens (tertiary/aromatic N) is 3. The number of carbonyl (C=O) groups is 1. The number of nitro groups is 1. The van der Waals surface area contributed by atoms with E-state index in [4.69, 9.17) is 4.74 Å². The van der Waals surface area contributed by atoms with E-state index >= 15 is 0 Å². The average Bonchev–Trinajstić information content (AvgIpc) is 3.03. The molecule has 0 aliphatic rings. The molecule has 0 fully saturated rings. The second-order valence-electron chi connectivity index (χ2n) is 5.70. The smallest absolute Gasteiger partial charge is 0.325 e. The van der Waals surface area contributed by atoms with Crippen molar-refractivity contribution in [1.82, 2.24) is 4.57 Å². The molecule has 0 unspecified atom stereocenters.